The van der Waals surface area contributed by atoms with E-state index in [1.807, 2.05) is 39.0 Å². The summed E-state index contributed by atoms with van der Waals surface area (Å²) in [4.78, 5) is 26.0. The highest BCUT2D eigenvalue weighted by atomic mass is 16.5. The Morgan fingerprint density at radius 2 is 2.09 bits per heavy atom. The lowest BCUT2D eigenvalue weighted by molar-refractivity contribution is -0.151. The molecule has 1 atom stereocenters. The van der Waals surface area contributed by atoms with E-state index in [1.54, 1.807) is 12.0 Å². The molecule has 1 saturated heterocycles. The van der Waals surface area contributed by atoms with Crippen molar-refractivity contribution in [3.63, 3.8) is 0 Å². The summed E-state index contributed by atoms with van der Waals surface area (Å²) in [6.45, 7) is 6.57. The van der Waals surface area contributed by atoms with Gasteiger partial charge in [-0.05, 0) is 25.3 Å². The van der Waals surface area contributed by atoms with E-state index < -0.39 is 11.4 Å². The Morgan fingerprint density at radius 1 is 1.39 bits per heavy atom. The van der Waals surface area contributed by atoms with Crippen molar-refractivity contribution in [3.8, 4) is 5.75 Å². The second-order valence-electron chi connectivity index (χ2n) is 6.67. The maximum Gasteiger partial charge on any atom is 0.311 e. The van der Waals surface area contributed by atoms with Crippen molar-refractivity contribution < 1.29 is 19.4 Å². The van der Waals surface area contributed by atoms with Gasteiger partial charge in [-0.2, -0.15) is 0 Å². The van der Waals surface area contributed by atoms with Crippen LogP contribution >= 0.6 is 0 Å². The quantitative estimate of drug-likeness (QED) is 0.905. The Morgan fingerprint density at radius 3 is 2.61 bits per heavy atom. The lowest BCUT2D eigenvalue weighted by Crippen LogP contribution is -2.41. The summed E-state index contributed by atoms with van der Waals surface area (Å²) in [7, 11) is 1.59. The second-order valence-corrected chi connectivity index (χ2v) is 6.67. The zero-order valence-corrected chi connectivity index (χ0v) is 14.3. The molecule has 0 aromatic heterocycles. The molecule has 2 rings (SSSR count). The molecule has 0 radical (unpaired) electrons. The summed E-state index contributed by atoms with van der Waals surface area (Å²) >= 11 is 0. The Balaban J connectivity index is 2.14. The van der Waals surface area contributed by atoms with Gasteiger partial charge in [0.15, 0.2) is 0 Å². The number of hydrogen-bond donors (Lipinski definition) is 1. The minimum absolute atomic E-state index is 0.00805. The average molecular weight is 319 g/mol. The molecule has 23 heavy (non-hydrogen) atoms. The Hall–Kier alpha value is -2.04. The number of amides is 1. The highest BCUT2D eigenvalue weighted by Crippen LogP contribution is 2.38. The predicted molar refractivity (Wildman–Crippen MR) is 87.5 cm³/mol. The first-order valence-corrected chi connectivity index (χ1v) is 7.95. The molecule has 5 nitrogen and oxygen atoms in total. The number of benzene rings is 1. The minimum atomic E-state index is -0.827. The molecular formula is C18H25NO4. The van der Waals surface area contributed by atoms with E-state index in [9.17, 15) is 14.7 Å². The third kappa shape index (κ3) is 3.33. The fraction of sp³-hybridized carbons (Fsp3) is 0.556. The molecule has 1 heterocycles. The minimum Gasteiger partial charge on any atom is -0.496 e. The average Bonchev–Trinajstić information content (AvgIpc) is 2.94. The molecule has 0 bridgehead atoms. The number of nitrogens with zero attached hydrogens (tertiary/aromatic N) is 1. The SMILES string of the molecule is COc1ccc(C)cc1CC(=O)N1CCC(C(=O)O)(C(C)C)C1. The number of carbonyl (C=O) groups excluding carboxylic acids is 1. The van der Waals surface area contributed by atoms with E-state index in [0.717, 1.165) is 11.1 Å². The highest BCUT2D eigenvalue weighted by Gasteiger charge is 2.48. The Bertz CT molecular complexity index is 611. The van der Waals surface area contributed by atoms with Gasteiger partial charge in [-0.15, -0.1) is 0 Å². The van der Waals surface area contributed by atoms with Crippen molar-refractivity contribution in [2.75, 3.05) is 20.2 Å². The van der Waals surface area contributed by atoms with Gasteiger partial charge >= 0.3 is 5.97 Å². The van der Waals surface area contributed by atoms with Gasteiger partial charge in [-0.3, -0.25) is 9.59 Å². The number of rotatable bonds is 5. The van der Waals surface area contributed by atoms with Crippen LogP contribution in [0.15, 0.2) is 18.2 Å². The van der Waals surface area contributed by atoms with E-state index in [1.165, 1.54) is 0 Å². The van der Waals surface area contributed by atoms with Gasteiger partial charge in [0.05, 0.1) is 18.9 Å². The smallest absolute Gasteiger partial charge is 0.311 e. The number of carboxylic acids is 1. The molecule has 0 spiro atoms. The number of ether oxygens (including phenoxy) is 1. The maximum absolute atomic E-state index is 12.6. The summed E-state index contributed by atoms with van der Waals surface area (Å²) in [6.07, 6.45) is 0.745. The zero-order chi connectivity index (χ0) is 17.2. The highest BCUT2D eigenvalue weighted by molar-refractivity contribution is 5.82. The van der Waals surface area contributed by atoms with Crippen molar-refractivity contribution in [1.29, 1.82) is 0 Å². The largest absolute Gasteiger partial charge is 0.496 e. The van der Waals surface area contributed by atoms with Gasteiger partial charge in [-0.1, -0.05) is 31.5 Å². The topological polar surface area (TPSA) is 66.8 Å². The van der Waals surface area contributed by atoms with Gasteiger partial charge in [0.2, 0.25) is 5.91 Å². The second kappa shape index (κ2) is 6.60. The van der Waals surface area contributed by atoms with E-state index in [2.05, 4.69) is 0 Å². The van der Waals surface area contributed by atoms with Gasteiger partial charge in [0.1, 0.15) is 5.75 Å². The lowest BCUT2D eigenvalue weighted by Gasteiger charge is -2.28. The molecule has 0 saturated carbocycles. The summed E-state index contributed by atoms with van der Waals surface area (Å²) in [5.74, 6) is -0.170. The van der Waals surface area contributed by atoms with Crippen LogP contribution in [0.4, 0.5) is 0 Å². The molecule has 1 fully saturated rings. The van der Waals surface area contributed by atoms with Gasteiger partial charge < -0.3 is 14.7 Å². The molecule has 0 aliphatic carbocycles. The fourth-order valence-electron chi connectivity index (χ4n) is 3.26. The normalized spacial score (nSPS) is 20.8. The van der Waals surface area contributed by atoms with E-state index in [-0.39, 0.29) is 24.8 Å². The van der Waals surface area contributed by atoms with Crippen molar-refractivity contribution in [2.24, 2.45) is 11.3 Å². The van der Waals surface area contributed by atoms with E-state index in [4.69, 9.17) is 4.74 Å². The maximum atomic E-state index is 12.6. The molecule has 1 aromatic carbocycles. The Labute approximate surface area is 137 Å². The van der Waals surface area contributed by atoms with Crippen LogP contribution in [0.1, 0.15) is 31.4 Å². The monoisotopic (exact) mass is 319 g/mol. The van der Waals surface area contributed by atoms with Crippen LogP contribution in [0.2, 0.25) is 0 Å². The van der Waals surface area contributed by atoms with E-state index >= 15 is 0 Å². The number of hydrogen-bond acceptors (Lipinski definition) is 3. The molecule has 126 valence electrons. The van der Waals surface area contributed by atoms with Crippen LogP contribution < -0.4 is 4.74 Å². The lowest BCUT2D eigenvalue weighted by atomic mass is 9.76. The van der Waals surface area contributed by atoms with Crippen LogP contribution in [0, 0.1) is 18.3 Å². The van der Waals surface area contributed by atoms with Crippen molar-refractivity contribution in [3.05, 3.63) is 29.3 Å². The Kier molecular flexibility index (Phi) is 4.97. The van der Waals surface area contributed by atoms with Crippen LogP contribution in [0.3, 0.4) is 0 Å². The van der Waals surface area contributed by atoms with Crippen molar-refractivity contribution in [2.45, 2.75) is 33.6 Å². The summed E-state index contributed by atoms with van der Waals surface area (Å²) in [6, 6.07) is 5.74. The molecule has 1 aromatic rings. The molecule has 1 unspecified atom stereocenters. The summed E-state index contributed by atoms with van der Waals surface area (Å²) in [5.41, 5.74) is 1.08. The van der Waals surface area contributed by atoms with Crippen molar-refractivity contribution >= 4 is 11.9 Å². The first kappa shape index (κ1) is 17.3. The summed E-state index contributed by atoms with van der Waals surface area (Å²) in [5, 5.41) is 9.58. The van der Waals surface area contributed by atoms with Gasteiger partial charge in [0, 0.05) is 18.7 Å². The van der Waals surface area contributed by atoms with Crippen LogP contribution in [-0.2, 0) is 16.0 Å². The number of methoxy groups -OCH3 is 1. The zero-order valence-electron chi connectivity index (χ0n) is 14.3. The molecule has 1 aliphatic rings. The molecule has 1 aliphatic heterocycles. The van der Waals surface area contributed by atoms with Gasteiger partial charge in [0.25, 0.3) is 0 Å². The number of carbonyl (C=O) groups is 2. The van der Waals surface area contributed by atoms with Crippen molar-refractivity contribution in [1.82, 2.24) is 4.90 Å². The third-order valence-corrected chi connectivity index (χ3v) is 4.96. The standard InChI is InChI=1S/C18H25NO4/c1-12(2)18(17(21)22)7-8-19(11-18)16(20)10-14-9-13(3)5-6-15(14)23-4/h5-6,9,12H,7-8,10-11H2,1-4H3,(H,21,22). The summed E-state index contributed by atoms with van der Waals surface area (Å²) < 4.78 is 5.32. The fourth-order valence-corrected chi connectivity index (χ4v) is 3.26. The predicted octanol–water partition coefficient (Wildman–Crippen LogP) is 2.51. The number of carboxylic acid groups (broad SMARTS) is 1. The van der Waals surface area contributed by atoms with Crippen LogP contribution in [0.25, 0.3) is 0 Å². The number of aliphatic carboxylic acids is 1. The van der Waals surface area contributed by atoms with Crippen LogP contribution in [0.5, 0.6) is 5.75 Å². The molecule has 5 heteroatoms. The number of likely N-dealkylation sites (tertiary alicyclic amines) is 1. The van der Waals surface area contributed by atoms with Gasteiger partial charge in [-0.25, -0.2) is 0 Å². The third-order valence-electron chi connectivity index (χ3n) is 4.96. The van der Waals surface area contributed by atoms with Crippen LogP contribution in [-0.4, -0.2) is 42.1 Å². The van der Waals surface area contributed by atoms with E-state index in [0.29, 0.717) is 18.7 Å². The number of aryl methyl sites for hydroxylation is 1. The molecular weight excluding hydrogens is 294 g/mol. The first-order valence-electron chi connectivity index (χ1n) is 7.95. The molecule has 1 N–H and O–H groups in total. The first-order chi connectivity index (χ1) is 10.8. The molecule has 1 amide bonds.